The lowest BCUT2D eigenvalue weighted by atomic mass is 9.93. The molecule has 5 heteroatoms. The Kier molecular flexibility index (Phi) is 5.79. The molecule has 1 aromatic rings. The highest BCUT2D eigenvalue weighted by Gasteiger charge is 2.25. The molecular formula is C16H27N3O2. The van der Waals surface area contributed by atoms with Gasteiger partial charge in [-0.3, -0.25) is 9.48 Å². The molecule has 0 saturated carbocycles. The fourth-order valence-electron chi connectivity index (χ4n) is 2.72. The van der Waals surface area contributed by atoms with Gasteiger partial charge in [0.25, 0.3) is 0 Å². The average Bonchev–Trinajstić information content (AvgIpc) is 2.87. The number of hydrogen-bond acceptors (Lipinski definition) is 3. The summed E-state index contributed by atoms with van der Waals surface area (Å²) in [5.41, 5.74) is 2.32. The first-order valence-corrected chi connectivity index (χ1v) is 7.94. The molecule has 0 radical (unpaired) electrons. The number of nitrogens with zero attached hydrogens (tertiary/aromatic N) is 2. The summed E-state index contributed by atoms with van der Waals surface area (Å²) in [6.07, 6.45) is 6.79. The number of carbonyl (C=O) groups is 1. The Hall–Kier alpha value is -1.36. The molecule has 0 fully saturated rings. The molecule has 5 nitrogen and oxygen atoms in total. The number of fused-ring (bicyclic) bond motifs is 1. The van der Waals surface area contributed by atoms with E-state index in [1.54, 1.807) is 7.11 Å². The van der Waals surface area contributed by atoms with Gasteiger partial charge in [0.15, 0.2) is 0 Å². The zero-order valence-corrected chi connectivity index (χ0v) is 13.4. The van der Waals surface area contributed by atoms with E-state index in [9.17, 15) is 4.79 Å². The van der Waals surface area contributed by atoms with Crippen LogP contribution in [-0.2, 0) is 22.5 Å². The van der Waals surface area contributed by atoms with Crippen LogP contribution >= 0.6 is 0 Å². The maximum atomic E-state index is 12.0. The predicted molar refractivity (Wildman–Crippen MR) is 82.0 cm³/mol. The van der Waals surface area contributed by atoms with E-state index < -0.39 is 0 Å². The van der Waals surface area contributed by atoms with Crippen molar-refractivity contribution in [1.82, 2.24) is 15.1 Å². The van der Waals surface area contributed by atoms with Gasteiger partial charge in [0.05, 0.1) is 24.9 Å². The van der Waals surface area contributed by atoms with Gasteiger partial charge in [0.1, 0.15) is 0 Å². The van der Waals surface area contributed by atoms with E-state index in [0.717, 1.165) is 37.9 Å². The van der Waals surface area contributed by atoms with Gasteiger partial charge in [0, 0.05) is 19.7 Å². The van der Waals surface area contributed by atoms with Crippen LogP contribution in [0.25, 0.3) is 0 Å². The molecule has 1 atom stereocenters. The second kappa shape index (κ2) is 7.59. The first-order chi connectivity index (χ1) is 10.1. The standard InChI is InChI=1S/C16H27N3O2/c1-12(2)7-8-15(20)17-14-6-4-5-13-11-19(9-10-21-3)18-16(13)14/h11-12,14H,4-10H2,1-3H3,(H,17,20)/t14-/m0/s1. The van der Waals surface area contributed by atoms with Gasteiger partial charge >= 0.3 is 0 Å². The highest BCUT2D eigenvalue weighted by molar-refractivity contribution is 5.76. The van der Waals surface area contributed by atoms with Crippen molar-refractivity contribution in [1.29, 1.82) is 0 Å². The van der Waals surface area contributed by atoms with Crippen LogP contribution in [0.3, 0.4) is 0 Å². The highest BCUT2D eigenvalue weighted by atomic mass is 16.5. The van der Waals surface area contributed by atoms with E-state index in [0.29, 0.717) is 18.9 Å². The first-order valence-electron chi connectivity index (χ1n) is 7.94. The zero-order valence-electron chi connectivity index (χ0n) is 13.4. The monoisotopic (exact) mass is 293 g/mol. The Morgan fingerprint density at radius 1 is 1.57 bits per heavy atom. The molecule has 1 N–H and O–H groups in total. The molecule has 0 unspecified atom stereocenters. The second-order valence-electron chi connectivity index (χ2n) is 6.24. The lowest BCUT2D eigenvalue weighted by Crippen LogP contribution is -2.31. The smallest absolute Gasteiger partial charge is 0.220 e. The Labute approximate surface area is 127 Å². The van der Waals surface area contributed by atoms with Gasteiger partial charge in [0.2, 0.25) is 5.91 Å². The normalized spacial score (nSPS) is 17.8. The number of aromatic nitrogens is 2. The van der Waals surface area contributed by atoms with Crippen molar-refractivity contribution >= 4 is 5.91 Å². The molecule has 1 heterocycles. The number of aryl methyl sites for hydroxylation is 1. The first kappa shape index (κ1) is 16.0. The van der Waals surface area contributed by atoms with E-state index in [2.05, 4.69) is 30.5 Å². The van der Waals surface area contributed by atoms with E-state index in [1.165, 1.54) is 5.56 Å². The third-order valence-electron chi connectivity index (χ3n) is 3.95. The molecule has 0 aliphatic heterocycles. The van der Waals surface area contributed by atoms with Crippen molar-refractivity contribution in [3.05, 3.63) is 17.5 Å². The molecule has 2 rings (SSSR count). The van der Waals surface area contributed by atoms with Crippen molar-refractivity contribution in [2.24, 2.45) is 5.92 Å². The SMILES string of the molecule is COCCn1cc2c(n1)[C@@H](NC(=O)CCC(C)C)CCC2. The second-order valence-corrected chi connectivity index (χ2v) is 6.24. The highest BCUT2D eigenvalue weighted by Crippen LogP contribution is 2.28. The van der Waals surface area contributed by atoms with E-state index in [1.807, 2.05) is 4.68 Å². The van der Waals surface area contributed by atoms with Crippen LogP contribution < -0.4 is 5.32 Å². The minimum Gasteiger partial charge on any atom is -0.383 e. The molecule has 0 saturated heterocycles. The summed E-state index contributed by atoms with van der Waals surface area (Å²) in [6, 6.07) is 0.0807. The van der Waals surface area contributed by atoms with Gasteiger partial charge < -0.3 is 10.1 Å². The lowest BCUT2D eigenvalue weighted by Gasteiger charge is -2.22. The third kappa shape index (κ3) is 4.56. The summed E-state index contributed by atoms with van der Waals surface area (Å²) < 4.78 is 7.03. The fourth-order valence-corrected chi connectivity index (χ4v) is 2.72. The number of nitrogens with one attached hydrogen (secondary N) is 1. The summed E-state index contributed by atoms with van der Waals surface area (Å²) in [5.74, 6) is 0.707. The Morgan fingerprint density at radius 2 is 2.38 bits per heavy atom. The summed E-state index contributed by atoms with van der Waals surface area (Å²) in [4.78, 5) is 12.0. The Bertz CT molecular complexity index is 468. The number of hydrogen-bond donors (Lipinski definition) is 1. The van der Waals surface area contributed by atoms with Crippen LogP contribution in [0.4, 0.5) is 0 Å². The summed E-state index contributed by atoms with van der Waals surface area (Å²) in [7, 11) is 1.70. The van der Waals surface area contributed by atoms with Crippen molar-refractivity contribution in [3.63, 3.8) is 0 Å². The zero-order chi connectivity index (χ0) is 15.2. The van der Waals surface area contributed by atoms with Crippen LogP contribution in [0.2, 0.25) is 0 Å². The quantitative estimate of drug-likeness (QED) is 0.840. The molecular weight excluding hydrogens is 266 g/mol. The Morgan fingerprint density at radius 3 is 3.10 bits per heavy atom. The van der Waals surface area contributed by atoms with Crippen molar-refractivity contribution in [3.8, 4) is 0 Å². The fraction of sp³-hybridized carbons (Fsp3) is 0.750. The van der Waals surface area contributed by atoms with Crippen molar-refractivity contribution < 1.29 is 9.53 Å². The van der Waals surface area contributed by atoms with E-state index >= 15 is 0 Å². The number of methoxy groups -OCH3 is 1. The molecule has 1 aliphatic carbocycles. The molecule has 1 amide bonds. The minimum absolute atomic E-state index is 0.0807. The molecule has 0 spiro atoms. The summed E-state index contributed by atoms with van der Waals surface area (Å²) in [6.45, 7) is 5.70. The number of rotatable bonds is 7. The van der Waals surface area contributed by atoms with Gasteiger partial charge in [-0.05, 0) is 37.2 Å². The van der Waals surface area contributed by atoms with Crippen molar-refractivity contribution in [2.45, 2.75) is 58.5 Å². The van der Waals surface area contributed by atoms with Crippen molar-refractivity contribution in [2.75, 3.05) is 13.7 Å². The van der Waals surface area contributed by atoms with Crippen LogP contribution in [-0.4, -0.2) is 29.4 Å². The molecule has 0 aromatic carbocycles. The van der Waals surface area contributed by atoms with Gasteiger partial charge in [-0.15, -0.1) is 0 Å². The predicted octanol–water partition coefficient (Wildman–Crippen LogP) is 2.46. The molecule has 21 heavy (non-hydrogen) atoms. The topological polar surface area (TPSA) is 56.1 Å². The molecule has 118 valence electrons. The van der Waals surface area contributed by atoms with Crippen LogP contribution in [0, 0.1) is 5.92 Å². The largest absolute Gasteiger partial charge is 0.383 e. The summed E-state index contributed by atoms with van der Waals surface area (Å²) in [5, 5.41) is 7.79. The maximum Gasteiger partial charge on any atom is 0.220 e. The third-order valence-corrected chi connectivity index (χ3v) is 3.95. The van der Waals surface area contributed by atoms with Gasteiger partial charge in [-0.1, -0.05) is 13.8 Å². The van der Waals surface area contributed by atoms with Crippen LogP contribution in [0.5, 0.6) is 0 Å². The van der Waals surface area contributed by atoms with Gasteiger partial charge in [-0.2, -0.15) is 5.10 Å². The molecule has 1 aliphatic rings. The molecule has 0 bridgehead atoms. The number of carbonyl (C=O) groups excluding carboxylic acids is 1. The van der Waals surface area contributed by atoms with Crippen LogP contribution in [0.15, 0.2) is 6.20 Å². The summed E-state index contributed by atoms with van der Waals surface area (Å²) >= 11 is 0. The van der Waals surface area contributed by atoms with Crippen LogP contribution in [0.1, 0.15) is 56.8 Å². The maximum absolute atomic E-state index is 12.0. The lowest BCUT2D eigenvalue weighted by molar-refractivity contribution is -0.122. The Balaban J connectivity index is 1.97. The van der Waals surface area contributed by atoms with E-state index in [4.69, 9.17) is 4.74 Å². The molecule has 1 aromatic heterocycles. The number of ether oxygens (including phenoxy) is 1. The average molecular weight is 293 g/mol. The minimum atomic E-state index is 0.0807. The van der Waals surface area contributed by atoms with Gasteiger partial charge in [-0.25, -0.2) is 0 Å². The van der Waals surface area contributed by atoms with E-state index in [-0.39, 0.29) is 11.9 Å². The number of amides is 1.